The van der Waals surface area contributed by atoms with Crippen LogP contribution in [0.2, 0.25) is 0 Å². The van der Waals surface area contributed by atoms with Crippen molar-refractivity contribution < 1.29 is 4.79 Å². The number of aryl methyl sites for hydroxylation is 1. The van der Waals surface area contributed by atoms with Gasteiger partial charge in [-0.25, -0.2) is 4.68 Å². The van der Waals surface area contributed by atoms with E-state index in [2.05, 4.69) is 27.1 Å². The molecule has 1 aliphatic heterocycles. The molecule has 1 aliphatic rings. The van der Waals surface area contributed by atoms with E-state index in [9.17, 15) is 9.59 Å². The molecule has 0 radical (unpaired) electrons. The summed E-state index contributed by atoms with van der Waals surface area (Å²) < 4.78 is 3.25. The lowest BCUT2D eigenvalue weighted by molar-refractivity contribution is -0.124. The van der Waals surface area contributed by atoms with E-state index in [1.54, 1.807) is 13.2 Å². The maximum absolute atomic E-state index is 13.2. The highest BCUT2D eigenvalue weighted by Crippen LogP contribution is 2.30. The standard InChI is InChI=1S/C25H36N6O2/c1-4-12-29-14-16-30(17-15-29)13-8-11-26-24(32)21(5-2)31-22-10-7-6-9-19(22)20-18-27-28(3)25(33)23(20)31/h6-7,9-10,18,21H,4-5,8,11-17H2,1-3H3,(H,26,32)/t21-/m0/s1. The fourth-order valence-corrected chi connectivity index (χ4v) is 4.98. The van der Waals surface area contributed by atoms with Crippen LogP contribution in [-0.2, 0) is 11.8 Å². The topological polar surface area (TPSA) is 75.4 Å². The molecule has 0 bridgehead atoms. The second-order valence-corrected chi connectivity index (χ2v) is 8.97. The third kappa shape index (κ3) is 4.82. The van der Waals surface area contributed by atoms with E-state index in [0.29, 0.717) is 18.5 Å². The van der Waals surface area contributed by atoms with Gasteiger partial charge in [-0.3, -0.25) is 9.59 Å². The van der Waals surface area contributed by atoms with Crippen LogP contribution in [0.5, 0.6) is 0 Å². The SMILES string of the molecule is CCCN1CCN(CCCNC(=O)[C@H](CC)n2c3ccccc3c3cnn(C)c(=O)c32)CC1. The van der Waals surface area contributed by atoms with Crippen molar-refractivity contribution in [2.75, 3.05) is 45.8 Å². The van der Waals surface area contributed by atoms with E-state index in [1.807, 2.05) is 35.8 Å². The van der Waals surface area contributed by atoms with Crippen LogP contribution in [0.1, 0.15) is 39.2 Å². The van der Waals surface area contributed by atoms with Gasteiger partial charge in [0.15, 0.2) is 0 Å². The Kier molecular flexibility index (Phi) is 7.45. The summed E-state index contributed by atoms with van der Waals surface area (Å²) >= 11 is 0. The van der Waals surface area contributed by atoms with Crippen LogP contribution < -0.4 is 10.9 Å². The zero-order chi connectivity index (χ0) is 23.4. The number of benzene rings is 1. The number of piperazine rings is 1. The fourth-order valence-electron chi connectivity index (χ4n) is 4.98. The summed E-state index contributed by atoms with van der Waals surface area (Å²) in [4.78, 5) is 31.3. The molecule has 4 rings (SSSR count). The predicted molar refractivity (Wildman–Crippen MR) is 133 cm³/mol. The van der Waals surface area contributed by atoms with E-state index >= 15 is 0 Å². The number of carbonyl (C=O) groups excluding carboxylic acids is 1. The van der Waals surface area contributed by atoms with Crippen LogP contribution in [0.25, 0.3) is 21.8 Å². The van der Waals surface area contributed by atoms with Crippen molar-refractivity contribution in [2.24, 2.45) is 7.05 Å². The Morgan fingerprint density at radius 3 is 2.45 bits per heavy atom. The zero-order valence-electron chi connectivity index (χ0n) is 20.1. The first kappa shape index (κ1) is 23.4. The monoisotopic (exact) mass is 452 g/mol. The van der Waals surface area contributed by atoms with Gasteiger partial charge in [0.25, 0.3) is 5.56 Å². The minimum Gasteiger partial charge on any atom is -0.354 e. The van der Waals surface area contributed by atoms with Crippen molar-refractivity contribution in [2.45, 2.75) is 39.2 Å². The van der Waals surface area contributed by atoms with Gasteiger partial charge in [0.2, 0.25) is 5.91 Å². The molecule has 1 N–H and O–H groups in total. The lowest BCUT2D eigenvalue weighted by Gasteiger charge is -2.34. The predicted octanol–water partition coefficient (Wildman–Crippen LogP) is 2.37. The molecule has 178 valence electrons. The van der Waals surface area contributed by atoms with Crippen LogP contribution in [0, 0.1) is 0 Å². The third-order valence-electron chi connectivity index (χ3n) is 6.76. The average molecular weight is 453 g/mol. The molecule has 1 saturated heterocycles. The number of carbonyl (C=O) groups is 1. The zero-order valence-corrected chi connectivity index (χ0v) is 20.1. The number of amides is 1. The van der Waals surface area contributed by atoms with Crippen LogP contribution in [-0.4, -0.2) is 75.9 Å². The molecule has 8 nitrogen and oxygen atoms in total. The summed E-state index contributed by atoms with van der Waals surface area (Å²) in [5, 5.41) is 9.08. The number of para-hydroxylation sites is 1. The fraction of sp³-hybridized carbons (Fsp3) is 0.560. The molecular weight excluding hydrogens is 416 g/mol. The molecule has 3 aromatic rings. The van der Waals surface area contributed by atoms with E-state index < -0.39 is 6.04 Å². The van der Waals surface area contributed by atoms with Crippen LogP contribution >= 0.6 is 0 Å². The van der Waals surface area contributed by atoms with Gasteiger partial charge < -0.3 is 19.7 Å². The van der Waals surface area contributed by atoms with Gasteiger partial charge in [0.05, 0.1) is 11.7 Å². The molecule has 0 saturated carbocycles. The Morgan fingerprint density at radius 1 is 1.06 bits per heavy atom. The lowest BCUT2D eigenvalue weighted by Crippen LogP contribution is -2.47. The number of hydrogen-bond acceptors (Lipinski definition) is 5. The van der Waals surface area contributed by atoms with Crippen LogP contribution in [0.15, 0.2) is 35.3 Å². The van der Waals surface area contributed by atoms with Crippen LogP contribution in [0.3, 0.4) is 0 Å². The summed E-state index contributed by atoms with van der Waals surface area (Å²) in [6, 6.07) is 7.41. The quantitative estimate of drug-likeness (QED) is 0.505. The van der Waals surface area contributed by atoms with Gasteiger partial charge in [-0.05, 0) is 38.4 Å². The van der Waals surface area contributed by atoms with Gasteiger partial charge in [-0.15, -0.1) is 0 Å². The Labute approximate surface area is 195 Å². The normalized spacial score (nSPS) is 16.5. The summed E-state index contributed by atoms with van der Waals surface area (Å²) in [5.41, 5.74) is 1.25. The average Bonchev–Trinajstić information content (AvgIpc) is 3.16. The van der Waals surface area contributed by atoms with E-state index in [1.165, 1.54) is 17.6 Å². The Bertz CT molecular complexity index is 1160. The molecule has 33 heavy (non-hydrogen) atoms. The van der Waals surface area contributed by atoms with Crippen molar-refractivity contribution in [3.63, 3.8) is 0 Å². The first-order valence-electron chi connectivity index (χ1n) is 12.2. The summed E-state index contributed by atoms with van der Waals surface area (Å²) in [6.07, 6.45) is 4.46. The molecule has 8 heteroatoms. The van der Waals surface area contributed by atoms with Crippen LogP contribution in [0.4, 0.5) is 0 Å². The van der Waals surface area contributed by atoms with Crippen molar-refractivity contribution in [3.05, 3.63) is 40.8 Å². The maximum atomic E-state index is 13.2. The number of nitrogens with one attached hydrogen (secondary N) is 1. The Morgan fingerprint density at radius 2 is 1.76 bits per heavy atom. The van der Waals surface area contributed by atoms with Crippen molar-refractivity contribution in [1.82, 2.24) is 29.5 Å². The highest BCUT2D eigenvalue weighted by molar-refractivity contribution is 6.08. The molecule has 1 amide bonds. The molecule has 1 aromatic carbocycles. The Balaban J connectivity index is 1.45. The van der Waals surface area contributed by atoms with Crippen molar-refractivity contribution in [3.8, 4) is 0 Å². The number of nitrogens with zero attached hydrogens (tertiary/aromatic N) is 5. The van der Waals surface area contributed by atoms with E-state index in [0.717, 1.165) is 55.4 Å². The van der Waals surface area contributed by atoms with E-state index in [4.69, 9.17) is 0 Å². The molecule has 2 aromatic heterocycles. The first-order valence-corrected chi connectivity index (χ1v) is 12.2. The number of rotatable bonds is 9. The molecular formula is C25H36N6O2. The molecule has 0 unspecified atom stereocenters. The smallest absolute Gasteiger partial charge is 0.291 e. The highest BCUT2D eigenvalue weighted by Gasteiger charge is 2.25. The second kappa shape index (κ2) is 10.5. The van der Waals surface area contributed by atoms with Crippen molar-refractivity contribution in [1.29, 1.82) is 0 Å². The van der Waals surface area contributed by atoms with Gasteiger partial charge >= 0.3 is 0 Å². The second-order valence-electron chi connectivity index (χ2n) is 8.97. The van der Waals surface area contributed by atoms with Gasteiger partial charge in [0, 0.05) is 50.5 Å². The number of fused-ring (bicyclic) bond motifs is 3. The summed E-state index contributed by atoms with van der Waals surface area (Å²) in [5.74, 6) is -0.0354. The third-order valence-corrected chi connectivity index (χ3v) is 6.76. The minimum absolute atomic E-state index is 0.0354. The molecule has 1 fully saturated rings. The molecule has 0 aliphatic carbocycles. The lowest BCUT2D eigenvalue weighted by atomic mass is 10.2. The Hall–Kier alpha value is -2.71. The van der Waals surface area contributed by atoms with Gasteiger partial charge in [-0.1, -0.05) is 32.0 Å². The highest BCUT2D eigenvalue weighted by atomic mass is 16.2. The number of hydrogen-bond donors (Lipinski definition) is 1. The molecule has 0 spiro atoms. The maximum Gasteiger partial charge on any atom is 0.291 e. The van der Waals surface area contributed by atoms with Crippen molar-refractivity contribution >= 4 is 27.7 Å². The van der Waals surface area contributed by atoms with E-state index in [-0.39, 0.29) is 11.5 Å². The summed E-state index contributed by atoms with van der Waals surface area (Å²) in [7, 11) is 1.65. The summed E-state index contributed by atoms with van der Waals surface area (Å²) in [6.45, 7) is 11.5. The largest absolute Gasteiger partial charge is 0.354 e. The molecule has 1 atom stereocenters. The first-order chi connectivity index (χ1) is 16.0. The van der Waals surface area contributed by atoms with Gasteiger partial charge in [0.1, 0.15) is 11.6 Å². The molecule has 3 heterocycles. The minimum atomic E-state index is -0.444. The number of aromatic nitrogens is 3. The van der Waals surface area contributed by atoms with Gasteiger partial charge in [-0.2, -0.15) is 5.10 Å².